The van der Waals surface area contributed by atoms with Gasteiger partial charge in [-0.05, 0) is 26.0 Å². The highest BCUT2D eigenvalue weighted by atomic mass is 32.1. The Hall–Kier alpha value is -2.08. The second-order valence-corrected chi connectivity index (χ2v) is 4.70. The van der Waals surface area contributed by atoms with E-state index in [2.05, 4.69) is 5.10 Å². The van der Waals surface area contributed by atoms with Crippen molar-refractivity contribution < 1.29 is 9.47 Å². The standard InChI is InChI=1S/C14H17N3O2S/c1-4-18-10-6-5-7-11(8-10)19-14-12(13(15)20)9(2)16-17(14)3/h5-8H,4H2,1-3H3,(H2,15,20). The molecule has 1 aromatic heterocycles. The van der Waals surface area contributed by atoms with Gasteiger partial charge in [-0.25, -0.2) is 4.68 Å². The van der Waals surface area contributed by atoms with Crippen LogP contribution in [0.25, 0.3) is 0 Å². The third-order valence-electron chi connectivity index (χ3n) is 2.75. The van der Waals surface area contributed by atoms with Gasteiger partial charge in [0.05, 0.1) is 17.9 Å². The summed E-state index contributed by atoms with van der Waals surface area (Å²) in [7, 11) is 1.79. The summed E-state index contributed by atoms with van der Waals surface area (Å²) in [5, 5.41) is 4.28. The molecule has 1 aromatic carbocycles. The summed E-state index contributed by atoms with van der Waals surface area (Å²) in [4.78, 5) is 0.270. The van der Waals surface area contributed by atoms with Gasteiger partial charge in [-0.2, -0.15) is 5.10 Å². The zero-order valence-electron chi connectivity index (χ0n) is 11.7. The first kappa shape index (κ1) is 14.3. The molecule has 6 heteroatoms. The molecule has 0 saturated heterocycles. The van der Waals surface area contributed by atoms with Crippen LogP contribution in [-0.4, -0.2) is 21.4 Å². The minimum atomic E-state index is 0.270. The monoisotopic (exact) mass is 291 g/mol. The first-order chi connectivity index (χ1) is 9.52. The number of nitrogens with two attached hydrogens (primary N) is 1. The SMILES string of the molecule is CCOc1cccc(Oc2c(C(N)=S)c(C)nn2C)c1. The van der Waals surface area contributed by atoms with E-state index in [-0.39, 0.29) is 4.99 Å². The summed E-state index contributed by atoms with van der Waals surface area (Å²) in [5.41, 5.74) is 7.14. The zero-order chi connectivity index (χ0) is 14.7. The molecule has 2 rings (SSSR count). The van der Waals surface area contributed by atoms with Crippen LogP contribution >= 0.6 is 12.2 Å². The number of hydrogen-bond acceptors (Lipinski definition) is 4. The molecule has 2 N–H and O–H groups in total. The Morgan fingerprint density at radius 3 is 2.75 bits per heavy atom. The van der Waals surface area contributed by atoms with Crippen LogP contribution in [0, 0.1) is 6.92 Å². The lowest BCUT2D eigenvalue weighted by Gasteiger charge is -2.09. The van der Waals surface area contributed by atoms with Gasteiger partial charge in [0.2, 0.25) is 5.88 Å². The maximum Gasteiger partial charge on any atom is 0.228 e. The molecule has 5 nitrogen and oxygen atoms in total. The number of thiocarbonyl (C=S) groups is 1. The quantitative estimate of drug-likeness (QED) is 0.858. The van der Waals surface area contributed by atoms with Gasteiger partial charge in [-0.1, -0.05) is 18.3 Å². The van der Waals surface area contributed by atoms with E-state index in [4.69, 9.17) is 27.4 Å². The number of nitrogens with zero attached hydrogens (tertiary/aromatic N) is 2. The fraction of sp³-hybridized carbons (Fsp3) is 0.286. The molecule has 106 valence electrons. The predicted octanol–water partition coefficient (Wildman–Crippen LogP) is 2.55. The normalized spacial score (nSPS) is 10.3. The Morgan fingerprint density at radius 2 is 2.10 bits per heavy atom. The van der Waals surface area contributed by atoms with E-state index in [0.29, 0.717) is 23.8 Å². The van der Waals surface area contributed by atoms with Crippen molar-refractivity contribution in [3.63, 3.8) is 0 Å². The third-order valence-corrected chi connectivity index (χ3v) is 2.95. The smallest absolute Gasteiger partial charge is 0.228 e. The fourth-order valence-corrected chi connectivity index (χ4v) is 2.18. The Balaban J connectivity index is 2.35. The Kier molecular flexibility index (Phi) is 4.24. The summed E-state index contributed by atoms with van der Waals surface area (Å²) >= 11 is 5.05. The first-order valence-corrected chi connectivity index (χ1v) is 6.67. The molecule has 0 fully saturated rings. The number of hydrogen-bond donors (Lipinski definition) is 1. The Morgan fingerprint density at radius 1 is 1.40 bits per heavy atom. The molecular formula is C14H17N3O2S. The van der Waals surface area contributed by atoms with Gasteiger partial charge in [-0.15, -0.1) is 0 Å². The molecule has 0 aliphatic rings. The number of ether oxygens (including phenoxy) is 2. The Labute approximate surface area is 123 Å². The molecule has 0 amide bonds. The second kappa shape index (κ2) is 5.92. The molecule has 0 saturated carbocycles. The highest BCUT2D eigenvalue weighted by Gasteiger charge is 2.17. The van der Waals surface area contributed by atoms with Crippen molar-refractivity contribution in [3.8, 4) is 17.4 Å². The molecule has 0 atom stereocenters. The van der Waals surface area contributed by atoms with E-state index in [9.17, 15) is 0 Å². The molecular weight excluding hydrogens is 274 g/mol. The van der Waals surface area contributed by atoms with Gasteiger partial charge >= 0.3 is 0 Å². The number of rotatable bonds is 5. The van der Waals surface area contributed by atoms with E-state index < -0.39 is 0 Å². The van der Waals surface area contributed by atoms with Crippen LogP contribution in [0.1, 0.15) is 18.2 Å². The topological polar surface area (TPSA) is 62.3 Å². The summed E-state index contributed by atoms with van der Waals surface area (Å²) < 4.78 is 12.9. The highest BCUT2D eigenvalue weighted by molar-refractivity contribution is 7.80. The first-order valence-electron chi connectivity index (χ1n) is 6.27. The highest BCUT2D eigenvalue weighted by Crippen LogP contribution is 2.29. The largest absolute Gasteiger partial charge is 0.494 e. The van der Waals surface area contributed by atoms with Crippen molar-refractivity contribution in [2.45, 2.75) is 13.8 Å². The van der Waals surface area contributed by atoms with Gasteiger partial charge in [-0.3, -0.25) is 0 Å². The minimum Gasteiger partial charge on any atom is -0.494 e. The predicted molar refractivity (Wildman–Crippen MR) is 81.5 cm³/mol. The number of aromatic nitrogens is 2. The van der Waals surface area contributed by atoms with Crippen molar-refractivity contribution in [2.24, 2.45) is 12.8 Å². The van der Waals surface area contributed by atoms with Crippen molar-refractivity contribution in [2.75, 3.05) is 6.61 Å². The molecule has 0 bridgehead atoms. The molecule has 0 aliphatic heterocycles. The van der Waals surface area contributed by atoms with Crippen LogP contribution in [-0.2, 0) is 7.05 Å². The molecule has 1 heterocycles. The van der Waals surface area contributed by atoms with Crippen LogP contribution in [0.15, 0.2) is 24.3 Å². The van der Waals surface area contributed by atoms with Gasteiger partial charge in [0.25, 0.3) is 0 Å². The molecule has 2 aromatic rings. The molecule has 0 spiro atoms. The second-order valence-electron chi connectivity index (χ2n) is 4.26. The maximum atomic E-state index is 5.86. The maximum absolute atomic E-state index is 5.86. The fourth-order valence-electron chi connectivity index (χ4n) is 1.94. The van der Waals surface area contributed by atoms with E-state index in [1.165, 1.54) is 0 Å². The number of aryl methyl sites for hydroxylation is 2. The van der Waals surface area contributed by atoms with Gasteiger partial charge < -0.3 is 15.2 Å². The van der Waals surface area contributed by atoms with Crippen LogP contribution < -0.4 is 15.2 Å². The third kappa shape index (κ3) is 2.91. The number of benzene rings is 1. The molecule has 0 radical (unpaired) electrons. The van der Waals surface area contributed by atoms with E-state index >= 15 is 0 Å². The van der Waals surface area contributed by atoms with Gasteiger partial charge in [0, 0.05) is 13.1 Å². The molecule has 20 heavy (non-hydrogen) atoms. The Bertz CT molecular complexity index is 637. The summed E-state index contributed by atoms with van der Waals surface area (Å²) in [6, 6.07) is 7.40. The van der Waals surface area contributed by atoms with E-state index in [0.717, 1.165) is 11.4 Å². The van der Waals surface area contributed by atoms with Crippen molar-refractivity contribution in [1.29, 1.82) is 0 Å². The average Bonchev–Trinajstić information content (AvgIpc) is 2.65. The lowest BCUT2D eigenvalue weighted by molar-refractivity contribution is 0.337. The lowest BCUT2D eigenvalue weighted by atomic mass is 10.2. The van der Waals surface area contributed by atoms with Crippen LogP contribution in [0.3, 0.4) is 0 Å². The van der Waals surface area contributed by atoms with Gasteiger partial charge in [0.1, 0.15) is 16.5 Å². The van der Waals surface area contributed by atoms with Crippen LogP contribution in [0.5, 0.6) is 17.4 Å². The van der Waals surface area contributed by atoms with Crippen molar-refractivity contribution in [1.82, 2.24) is 9.78 Å². The van der Waals surface area contributed by atoms with Crippen LogP contribution in [0.2, 0.25) is 0 Å². The summed E-state index contributed by atoms with van der Waals surface area (Å²) in [6.07, 6.45) is 0. The van der Waals surface area contributed by atoms with Crippen molar-refractivity contribution >= 4 is 17.2 Å². The van der Waals surface area contributed by atoms with E-state index in [1.54, 1.807) is 11.7 Å². The van der Waals surface area contributed by atoms with E-state index in [1.807, 2.05) is 38.1 Å². The van der Waals surface area contributed by atoms with Crippen LogP contribution in [0.4, 0.5) is 0 Å². The summed E-state index contributed by atoms with van der Waals surface area (Å²) in [6.45, 7) is 4.38. The lowest BCUT2D eigenvalue weighted by Crippen LogP contribution is -2.11. The van der Waals surface area contributed by atoms with Crippen molar-refractivity contribution in [3.05, 3.63) is 35.5 Å². The van der Waals surface area contributed by atoms with Gasteiger partial charge in [0.15, 0.2) is 0 Å². The zero-order valence-corrected chi connectivity index (χ0v) is 12.5. The molecule has 0 unspecified atom stereocenters. The minimum absolute atomic E-state index is 0.270. The average molecular weight is 291 g/mol. The summed E-state index contributed by atoms with van der Waals surface area (Å²) in [5.74, 6) is 1.93. The molecule has 0 aliphatic carbocycles.